The lowest BCUT2D eigenvalue weighted by Crippen LogP contribution is -2.30. The van der Waals surface area contributed by atoms with E-state index in [-0.39, 0.29) is 36.1 Å². The van der Waals surface area contributed by atoms with Crippen molar-refractivity contribution in [2.24, 2.45) is 11.8 Å². The molecule has 1 aromatic carbocycles. The first-order valence-electron chi connectivity index (χ1n) is 8.61. The molecule has 0 saturated heterocycles. The molecule has 2 atom stereocenters. The van der Waals surface area contributed by atoms with Crippen molar-refractivity contribution >= 4 is 11.8 Å². The first-order chi connectivity index (χ1) is 12.0. The molecule has 0 heterocycles. The number of fused-ring (bicyclic) bond motifs is 1. The van der Waals surface area contributed by atoms with E-state index >= 15 is 0 Å². The molecule has 4 N–H and O–H groups in total. The minimum absolute atomic E-state index is 0.0866. The average Bonchev–Trinajstić information content (AvgIpc) is 3.05. The van der Waals surface area contributed by atoms with Gasteiger partial charge in [-0.05, 0) is 43.7 Å². The van der Waals surface area contributed by atoms with Gasteiger partial charge in [-0.2, -0.15) is 0 Å². The van der Waals surface area contributed by atoms with E-state index in [1.165, 1.54) is 13.1 Å². The zero-order valence-corrected chi connectivity index (χ0v) is 14.4. The molecule has 0 aromatic heterocycles. The summed E-state index contributed by atoms with van der Waals surface area (Å²) in [6.07, 6.45) is 1.20. The maximum absolute atomic E-state index is 12.6. The summed E-state index contributed by atoms with van der Waals surface area (Å²) in [5.74, 6) is 0.332. The Hall–Kier alpha value is -2.12. The van der Waals surface area contributed by atoms with Gasteiger partial charge in [-0.1, -0.05) is 0 Å². The highest BCUT2D eigenvalue weighted by molar-refractivity contribution is 6.02. The SMILES string of the molecule is CCOc1c(CO)cc(C(=O)NC2C3CC(O)CC32)cc1C(=O)NC. The fourth-order valence-corrected chi connectivity index (χ4v) is 3.82. The van der Waals surface area contributed by atoms with Crippen LogP contribution in [0, 0.1) is 11.8 Å². The lowest BCUT2D eigenvalue weighted by molar-refractivity contribution is 0.0936. The normalized spacial score (nSPS) is 26.7. The summed E-state index contributed by atoms with van der Waals surface area (Å²) in [4.78, 5) is 24.7. The third-order valence-electron chi connectivity index (χ3n) is 5.08. The van der Waals surface area contributed by atoms with Crippen LogP contribution >= 0.6 is 0 Å². The Kier molecular flexibility index (Phi) is 4.96. The highest BCUT2D eigenvalue weighted by atomic mass is 16.5. The molecular weight excluding hydrogens is 324 g/mol. The Balaban J connectivity index is 1.83. The van der Waals surface area contributed by atoms with Crippen LogP contribution in [-0.4, -0.2) is 47.8 Å². The predicted molar refractivity (Wildman–Crippen MR) is 90.4 cm³/mol. The van der Waals surface area contributed by atoms with E-state index in [0.717, 1.165) is 12.8 Å². The molecule has 2 saturated carbocycles. The van der Waals surface area contributed by atoms with Crippen LogP contribution in [0.5, 0.6) is 5.75 Å². The Morgan fingerprint density at radius 1 is 1.24 bits per heavy atom. The van der Waals surface area contributed by atoms with Crippen molar-refractivity contribution in [1.29, 1.82) is 0 Å². The van der Waals surface area contributed by atoms with E-state index in [4.69, 9.17) is 4.74 Å². The molecule has 0 radical (unpaired) electrons. The number of ether oxygens (including phenoxy) is 1. The Morgan fingerprint density at radius 2 is 1.92 bits per heavy atom. The van der Waals surface area contributed by atoms with Gasteiger partial charge in [0.2, 0.25) is 0 Å². The van der Waals surface area contributed by atoms with E-state index < -0.39 is 0 Å². The number of amides is 2. The van der Waals surface area contributed by atoms with Gasteiger partial charge >= 0.3 is 0 Å². The number of aliphatic hydroxyl groups is 2. The van der Waals surface area contributed by atoms with Crippen LogP contribution < -0.4 is 15.4 Å². The summed E-state index contributed by atoms with van der Waals surface area (Å²) in [7, 11) is 1.50. The molecule has 2 aliphatic rings. The van der Waals surface area contributed by atoms with Crippen molar-refractivity contribution in [2.45, 2.75) is 38.5 Å². The molecule has 0 aliphatic heterocycles. The van der Waals surface area contributed by atoms with Gasteiger partial charge in [0.1, 0.15) is 5.75 Å². The highest BCUT2D eigenvalue weighted by Crippen LogP contribution is 2.52. The minimum atomic E-state index is -0.376. The van der Waals surface area contributed by atoms with Crippen molar-refractivity contribution in [3.05, 3.63) is 28.8 Å². The van der Waals surface area contributed by atoms with Crippen LogP contribution in [0.15, 0.2) is 12.1 Å². The molecule has 25 heavy (non-hydrogen) atoms. The van der Waals surface area contributed by atoms with Crippen LogP contribution in [0.25, 0.3) is 0 Å². The molecule has 2 amide bonds. The smallest absolute Gasteiger partial charge is 0.254 e. The monoisotopic (exact) mass is 348 g/mol. The quantitative estimate of drug-likeness (QED) is 0.596. The molecule has 0 spiro atoms. The molecule has 136 valence electrons. The van der Waals surface area contributed by atoms with Gasteiger partial charge in [-0.3, -0.25) is 9.59 Å². The molecule has 2 unspecified atom stereocenters. The number of hydrogen-bond donors (Lipinski definition) is 4. The molecule has 3 rings (SSSR count). The van der Waals surface area contributed by atoms with Gasteiger partial charge in [0.15, 0.2) is 0 Å². The van der Waals surface area contributed by atoms with Crippen LogP contribution in [0.1, 0.15) is 46.0 Å². The summed E-state index contributed by atoms with van der Waals surface area (Å²) in [5, 5.41) is 24.7. The number of nitrogens with one attached hydrogen (secondary N) is 2. The van der Waals surface area contributed by atoms with Crippen molar-refractivity contribution in [1.82, 2.24) is 10.6 Å². The molecule has 0 bridgehead atoms. The number of rotatable bonds is 6. The standard InChI is InChI=1S/C18H24N2O5/c1-3-25-16-10(8-21)4-9(5-14(16)18(24)19-2)17(23)20-15-12-6-11(22)7-13(12)15/h4-5,11-13,15,21-22H,3,6-8H2,1-2H3,(H,19,24)(H,20,23). The first-order valence-corrected chi connectivity index (χ1v) is 8.61. The highest BCUT2D eigenvalue weighted by Gasteiger charge is 2.56. The van der Waals surface area contributed by atoms with E-state index in [1.807, 2.05) is 0 Å². The topological polar surface area (TPSA) is 108 Å². The zero-order valence-electron chi connectivity index (χ0n) is 14.4. The molecule has 2 aliphatic carbocycles. The second kappa shape index (κ2) is 7.01. The van der Waals surface area contributed by atoms with Crippen LogP contribution in [0.4, 0.5) is 0 Å². The fraction of sp³-hybridized carbons (Fsp3) is 0.556. The van der Waals surface area contributed by atoms with E-state index in [2.05, 4.69) is 10.6 Å². The lowest BCUT2D eigenvalue weighted by Gasteiger charge is -2.16. The van der Waals surface area contributed by atoms with E-state index in [0.29, 0.717) is 35.3 Å². The largest absolute Gasteiger partial charge is 0.493 e. The third kappa shape index (κ3) is 3.34. The zero-order chi connectivity index (χ0) is 18.1. The number of carbonyl (C=O) groups is 2. The molecule has 2 fully saturated rings. The fourth-order valence-electron chi connectivity index (χ4n) is 3.82. The van der Waals surface area contributed by atoms with E-state index in [1.54, 1.807) is 13.0 Å². The third-order valence-corrected chi connectivity index (χ3v) is 5.08. The number of hydrogen-bond acceptors (Lipinski definition) is 5. The van der Waals surface area contributed by atoms with Crippen LogP contribution in [0.2, 0.25) is 0 Å². The summed E-state index contributed by atoms with van der Waals surface area (Å²) in [6, 6.07) is 3.13. The summed E-state index contributed by atoms with van der Waals surface area (Å²) in [5.41, 5.74) is 0.948. The molecule has 7 heteroatoms. The molecular formula is C18H24N2O5. The Bertz CT molecular complexity index is 678. The number of carbonyl (C=O) groups excluding carboxylic acids is 2. The van der Waals surface area contributed by atoms with Crippen LogP contribution in [-0.2, 0) is 6.61 Å². The lowest BCUT2D eigenvalue weighted by atomic mass is 10.0. The first kappa shape index (κ1) is 17.7. The van der Waals surface area contributed by atoms with E-state index in [9.17, 15) is 19.8 Å². The van der Waals surface area contributed by atoms with Gasteiger partial charge in [0.05, 0.1) is 24.9 Å². The van der Waals surface area contributed by atoms with Crippen molar-refractivity contribution in [2.75, 3.05) is 13.7 Å². The van der Waals surface area contributed by atoms with Gasteiger partial charge in [-0.15, -0.1) is 0 Å². The maximum atomic E-state index is 12.6. The Morgan fingerprint density at radius 3 is 2.48 bits per heavy atom. The van der Waals surface area contributed by atoms with Gasteiger partial charge in [0.25, 0.3) is 11.8 Å². The minimum Gasteiger partial charge on any atom is -0.493 e. The maximum Gasteiger partial charge on any atom is 0.254 e. The van der Waals surface area contributed by atoms with Gasteiger partial charge < -0.3 is 25.6 Å². The summed E-state index contributed by atoms with van der Waals surface area (Å²) >= 11 is 0. The van der Waals surface area contributed by atoms with Crippen molar-refractivity contribution < 1.29 is 24.5 Å². The Labute approximate surface area is 146 Å². The second-order valence-corrected chi connectivity index (χ2v) is 6.63. The van der Waals surface area contributed by atoms with Crippen molar-refractivity contribution in [3.8, 4) is 5.75 Å². The second-order valence-electron chi connectivity index (χ2n) is 6.63. The summed E-state index contributed by atoms with van der Waals surface area (Å²) < 4.78 is 5.50. The number of aliphatic hydroxyl groups excluding tert-OH is 2. The predicted octanol–water partition coefficient (Wildman–Crippen LogP) is 0.436. The van der Waals surface area contributed by atoms with Crippen LogP contribution in [0.3, 0.4) is 0 Å². The summed E-state index contributed by atoms with van der Waals surface area (Å²) in [6.45, 7) is 1.80. The molecule has 7 nitrogen and oxygen atoms in total. The van der Waals surface area contributed by atoms with Crippen molar-refractivity contribution in [3.63, 3.8) is 0 Å². The van der Waals surface area contributed by atoms with Gasteiger partial charge in [-0.25, -0.2) is 0 Å². The van der Waals surface area contributed by atoms with Gasteiger partial charge in [0, 0.05) is 24.2 Å². The number of benzene rings is 1. The average molecular weight is 348 g/mol. The molecule has 1 aromatic rings.